The maximum Gasteiger partial charge on any atom is 0.421 e. The van der Waals surface area contributed by atoms with Gasteiger partial charge in [0, 0.05) is 0 Å². The van der Waals surface area contributed by atoms with Gasteiger partial charge in [-0.2, -0.15) is 0 Å². The molecule has 0 aromatic rings. The Morgan fingerprint density at radius 3 is 2.21 bits per heavy atom. The van der Waals surface area contributed by atoms with Gasteiger partial charge >= 0.3 is 6.09 Å². The lowest BCUT2D eigenvalue weighted by Gasteiger charge is -2.19. The summed E-state index contributed by atoms with van der Waals surface area (Å²) in [5.41, 5.74) is -0.689. The monoisotopic (exact) mass is 223 g/mol. The first-order chi connectivity index (χ1) is 6.16. The first kappa shape index (κ1) is 13.2. The molecule has 1 N–H and O–H groups in total. The molecule has 0 radical (unpaired) electrons. The Morgan fingerprint density at radius 1 is 1.36 bits per heavy atom. The van der Waals surface area contributed by atoms with Crippen LogP contribution in [0.25, 0.3) is 0 Å². The molecule has 0 aliphatic carbocycles. The first-order valence-corrected chi connectivity index (χ1v) is 6.05. The predicted octanol–water partition coefficient (Wildman–Crippen LogP) is 1.25. The molecule has 5 nitrogen and oxygen atoms in total. The van der Waals surface area contributed by atoms with Crippen LogP contribution in [0.2, 0.25) is 0 Å². The van der Waals surface area contributed by atoms with Crippen LogP contribution in [0.5, 0.6) is 0 Å². The minimum Gasteiger partial charge on any atom is -0.443 e. The van der Waals surface area contributed by atoms with Gasteiger partial charge in [0.15, 0.2) is 0 Å². The number of rotatable bonds is 3. The van der Waals surface area contributed by atoms with Gasteiger partial charge in [0.1, 0.15) is 5.60 Å². The summed E-state index contributed by atoms with van der Waals surface area (Å²) in [6, 6.07) is 0. The fraction of sp³-hybridized carbons (Fsp3) is 0.875. The van der Waals surface area contributed by atoms with E-state index in [-0.39, 0.29) is 5.75 Å². The highest BCUT2D eigenvalue weighted by atomic mass is 32.2. The molecule has 0 fully saturated rings. The number of carbonyl (C=O) groups excluding carboxylic acids is 1. The molecular formula is C8H17NO4S. The molecule has 0 rings (SSSR count). The van der Waals surface area contributed by atoms with Crippen molar-refractivity contribution in [2.24, 2.45) is 0 Å². The zero-order valence-corrected chi connectivity index (χ0v) is 9.77. The fourth-order valence-electron chi connectivity index (χ4n) is 0.746. The number of nitrogens with one attached hydrogen (secondary N) is 1. The summed E-state index contributed by atoms with van der Waals surface area (Å²) in [6.07, 6.45) is -0.469. The van der Waals surface area contributed by atoms with Gasteiger partial charge < -0.3 is 4.74 Å². The van der Waals surface area contributed by atoms with Gasteiger partial charge in [-0.3, -0.25) is 0 Å². The third-order valence-electron chi connectivity index (χ3n) is 1.11. The van der Waals surface area contributed by atoms with Crippen LogP contribution in [0, 0.1) is 0 Å². The Bertz CT molecular complexity index is 289. The summed E-state index contributed by atoms with van der Waals surface area (Å²) in [7, 11) is -3.53. The average Bonchev–Trinajstić information content (AvgIpc) is 1.78. The minimum absolute atomic E-state index is 0.0771. The molecule has 0 bridgehead atoms. The molecule has 0 saturated heterocycles. The Balaban J connectivity index is 4.21. The average molecular weight is 223 g/mol. The van der Waals surface area contributed by atoms with Crippen LogP contribution >= 0.6 is 0 Å². The molecule has 0 heterocycles. The van der Waals surface area contributed by atoms with Crippen LogP contribution in [-0.2, 0) is 14.8 Å². The van der Waals surface area contributed by atoms with Gasteiger partial charge in [0.2, 0.25) is 10.0 Å². The molecule has 0 atom stereocenters. The molecule has 0 saturated carbocycles. The van der Waals surface area contributed by atoms with Gasteiger partial charge in [0.05, 0.1) is 5.75 Å². The van der Waals surface area contributed by atoms with Gasteiger partial charge in [-0.05, 0) is 27.2 Å². The molecule has 0 aromatic carbocycles. The second-order valence-corrected chi connectivity index (χ2v) is 5.76. The summed E-state index contributed by atoms with van der Waals surface area (Å²) in [4.78, 5) is 11.0. The molecule has 0 unspecified atom stereocenters. The van der Waals surface area contributed by atoms with E-state index in [4.69, 9.17) is 4.74 Å². The summed E-state index contributed by atoms with van der Waals surface area (Å²) >= 11 is 0. The molecule has 84 valence electrons. The van der Waals surface area contributed by atoms with E-state index < -0.39 is 21.7 Å². The van der Waals surface area contributed by atoms with Gasteiger partial charge in [-0.15, -0.1) is 0 Å². The van der Waals surface area contributed by atoms with Crippen molar-refractivity contribution < 1.29 is 17.9 Å². The van der Waals surface area contributed by atoms with E-state index in [1.807, 2.05) is 4.72 Å². The Hall–Kier alpha value is -0.780. The number of sulfonamides is 1. The van der Waals surface area contributed by atoms with Crippen molar-refractivity contribution in [2.75, 3.05) is 5.75 Å². The lowest BCUT2D eigenvalue weighted by molar-refractivity contribution is 0.0570. The first-order valence-electron chi connectivity index (χ1n) is 4.40. The highest BCUT2D eigenvalue weighted by molar-refractivity contribution is 7.90. The largest absolute Gasteiger partial charge is 0.443 e. The zero-order valence-electron chi connectivity index (χ0n) is 8.96. The Kier molecular flexibility index (Phi) is 4.38. The molecule has 6 heteroatoms. The van der Waals surface area contributed by atoms with Crippen LogP contribution in [0.3, 0.4) is 0 Å². The van der Waals surface area contributed by atoms with Crippen LogP contribution in [0.15, 0.2) is 0 Å². The highest BCUT2D eigenvalue weighted by Crippen LogP contribution is 2.06. The molecule has 14 heavy (non-hydrogen) atoms. The summed E-state index contributed by atoms with van der Waals surface area (Å²) in [5.74, 6) is -0.0771. The van der Waals surface area contributed by atoms with E-state index in [2.05, 4.69) is 0 Å². The number of ether oxygens (including phenoxy) is 1. The fourth-order valence-corrected chi connectivity index (χ4v) is 1.68. The predicted molar refractivity (Wildman–Crippen MR) is 53.4 cm³/mol. The van der Waals surface area contributed by atoms with Crippen molar-refractivity contribution in [3.63, 3.8) is 0 Å². The van der Waals surface area contributed by atoms with Gasteiger partial charge in [0.25, 0.3) is 0 Å². The summed E-state index contributed by atoms with van der Waals surface area (Å²) in [5, 5.41) is 0. The molecule has 0 aromatic heterocycles. The van der Waals surface area contributed by atoms with Crippen molar-refractivity contribution in [3.8, 4) is 0 Å². The number of carbonyl (C=O) groups is 1. The van der Waals surface area contributed by atoms with E-state index in [1.54, 1.807) is 27.7 Å². The van der Waals surface area contributed by atoms with E-state index in [1.165, 1.54) is 0 Å². The molecule has 0 spiro atoms. The molecule has 0 aliphatic rings. The lowest BCUT2D eigenvalue weighted by atomic mass is 10.2. The highest BCUT2D eigenvalue weighted by Gasteiger charge is 2.20. The van der Waals surface area contributed by atoms with E-state index >= 15 is 0 Å². The van der Waals surface area contributed by atoms with Crippen LogP contribution in [0.1, 0.15) is 34.1 Å². The lowest BCUT2D eigenvalue weighted by Crippen LogP contribution is -2.37. The number of hydrogen-bond donors (Lipinski definition) is 1. The topological polar surface area (TPSA) is 72.5 Å². The van der Waals surface area contributed by atoms with Crippen molar-refractivity contribution in [1.29, 1.82) is 0 Å². The Morgan fingerprint density at radius 2 is 1.86 bits per heavy atom. The van der Waals surface area contributed by atoms with Crippen molar-refractivity contribution in [3.05, 3.63) is 0 Å². The van der Waals surface area contributed by atoms with Crippen molar-refractivity contribution >= 4 is 16.1 Å². The maximum absolute atomic E-state index is 11.1. The standard InChI is InChI=1S/C8H17NO4S/c1-5-6-14(11,12)9-7(10)13-8(2,3)4/h5-6H2,1-4H3,(H,9,10). The number of amides is 1. The van der Waals surface area contributed by atoms with Crippen molar-refractivity contribution in [2.45, 2.75) is 39.7 Å². The number of hydrogen-bond acceptors (Lipinski definition) is 4. The smallest absolute Gasteiger partial charge is 0.421 e. The van der Waals surface area contributed by atoms with Crippen LogP contribution in [0.4, 0.5) is 4.79 Å². The summed E-state index contributed by atoms with van der Waals surface area (Å²) in [6.45, 7) is 6.71. The van der Waals surface area contributed by atoms with Gasteiger partial charge in [-0.1, -0.05) is 6.92 Å². The van der Waals surface area contributed by atoms with Gasteiger partial charge in [-0.25, -0.2) is 17.9 Å². The second kappa shape index (κ2) is 4.63. The normalized spacial score (nSPS) is 12.3. The van der Waals surface area contributed by atoms with E-state index in [9.17, 15) is 13.2 Å². The zero-order chi connectivity index (χ0) is 11.4. The summed E-state index contributed by atoms with van der Waals surface area (Å²) < 4.78 is 28.8. The van der Waals surface area contributed by atoms with Crippen molar-refractivity contribution in [1.82, 2.24) is 4.72 Å². The minimum atomic E-state index is -3.53. The Labute approximate surface area is 84.9 Å². The third-order valence-corrected chi connectivity index (χ3v) is 2.53. The van der Waals surface area contributed by atoms with Crippen LogP contribution < -0.4 is 4.72 Å². The van der Waals surface area contributed by atoms with E-state index in [0.717, 1.165) is 0 Å². The maximum atomic E-state index is 11.1. The SMILES string of the molecule is CCCS(=O)(=O)NC(=O)OC(C)(C)C. The molecule has 1 amide bonds. The third kappa shape index (κ3) is 6.71. The molecule has 0 aliphatic heterocycles. The molecular weight excluding hydrogens is 206 g/mol. The second-order valence-electron chi connectivity index (χ2n) is 3.92. The van der Waals surface area contributed by atoms with Crippen LogP contribution in [-0.4, -0.2) is 25.9 Å². The van der Waals surface area contributed by atoms with E-state index in [0.29, 0.717) is 6.42 Å². The quantitative estimate of drug-likeness (QED) is 0.781.